The SMILES string of the molecule is CC(NC(=O)C(C)C(N)c1ccccc1)C1CCCO1. The molecule has 110 valence electrons. The first-order valence-corrected chi connectivity index (χ1v) is 7.32. The van der Waals surface area contributed by atoms with E-state index in [1.807, 2.05) is 44.2 Å². The van der Waals surface area contributed by atoms with E-state index in [0.29, 0.717) is 0 Å². The molecule has 2 rings (SSSR count). The summed E-state index contributed by atoms with van der Waals surface area (Å²) in [5, 5.41) is 3.03. The average Bonchev–Trinajstić information content (AvgIpc) is 3.01. The number of rotatable bonds is 5. The molecule has 20 heavy (non-hydrogen) atoms. The van der Waals surface area contributed by atoms with Gasteiger partial charge < -0.3 is 15.8 Å². The van der Waals surface area contributed by atoms with Crippen molar-refractivity contribution in [2.24, 2.45) is 11.7 Å². The molecule has 1 fully saturated rings. The third-order valence-electron chi connectivity index (χ3n) is 4.03. The van der Waals surface area contributed by atoms with E-state index in [0.717, 1.165) is 25.0 Å². The minimum atomic E-state index is -0.284. The van der Waals surface area contributed by atoms with E-state index in [2.05, 4.69) is 5.32 Å². The molecule has 1 aromatic rings. The molecule has 3 N–H and O–H groups in total. The summed E-state index contributed by atoms with van der Waals surface area (Å²) >= 11 is 0. The van der Waals surface area contributed by atoms with E-state index in [-0.39, 0.29) is 30.0 Å². The Morgan fingerprint density at radius 2 is 2.05 bits per heavy atom. The van der Waals surface area contributed by atoms with Gasteiger partial charge in [-0.1, -0.05) is 37.3 Å². The van der Waals surface area contributed by atoms with Crippen molar-refractivity contribution in [1.29, 1.82) is 0 Å². The fourth-order valence-electron chi connectivity index (χ4n) is 2.57. The van der Waals surface area contributed by atoms with Gasteiger partial charge in [0.25, 0.3) is 0 Å². The maximum absolute atomic E-state index is 12.3. The number of hydrogen-bond acceptors (Lipinski definition) is 3. The normalized spacial score (nSPS) is 23.1. The molecule has 1 amide bonds. The molecule has 1 aromatic carbocycles. The molecule has 0 spiro atoms. The van der Waals surface area contributed by atoms with E-state index in [1.165, 1.54) is 0 Å². The van der Waals surface area contributed by atoms with Gasteiger partial charge in [-0.15, -0.1) is 0 Å². The molecule has 0 aromatic heterocycles. The Kier molecular flexibility index (Phi) is 5.15. The number of amides is 1. The second-order valence-electron chi connectivity index (χ2n) is 5.57. The van der Waals surface area contributed by atoms with Gasteiger partial charge in [0.15, 0.2) is 0 Å². The van der Waals surface area contributed by atoms with Crippen LogP contribution in [0, 0.1) is 5.92 Å². The second-order valence-corrected chi connectivity index (χ2v) is 5.57. The fraction of sp³-hybridized carbons (Fsp3) is 0.562. The van der Waals surface area contributed by atoms with E-state index < -0.39 is 0 Å². The molecule has 1 aliphatic rings. The molecular weight excluding hydrogens is 252 g/mol. The quantitative estimate of drug-likeness (QED) is 0.864. The molecule has 1 aliphatic heterocycles. The van der Waals surface area contributed by atoms with Crippen molar-refractivity contribution in [1.82, 2.24) is 5.32 Å². The molecule has 4 nitrogen and oxygen atoms in total. The number of carbonyl (C=O) groups is 1. The zero-order valence-electron chi connectivity index (χ0n) is 12.2. The number of carbonyl (C=O) groups excluding carboxylic acids is 1. The molecule has 0 bridgehead atoms. The summed E-state index contributed by atoms with van der Waals surface area (Å²) in [6.07, 6.45) is 2.23. The molecule has 1 saturated heterocycles. The Morgan fingerprint density at radius 3 is 2.65 bits per heavy atom. The minimum absolute atomic E-state index is 0.00986. The number of ether oxygens (including phenoxy) is 1. The smallest absolute Gasteiger partial charge is 0.225 e. The van der Waals surface area contributed by atoms with Gasteiger partial charge in [0, 0.05) is 12.6 Å². The third kappa shape index (κ3) is 3.58. The highest BCUT2D eigenvalue weighted by atomic mass is 16.5. The van der Waals surface area contributed by atoms with Crippen LogP contribution in [0.5, 0.6) is 0 Å². The standard InChI is InChI=1S/C16H24N2O2/c1-11(15(17)13-7-4-3-5-8-13)16(19)18-12(2)14-9-6-10-20-14/h3-5,7-8,11-12,14-15H,6,9-10,17H2,1-2H3,(H,18,19). The lowest BCUT2D eigenvalue weighted by atomic mass is 9.94. The van der Waals surface area contributed by atoms with Crippen molar-refractivity contribution in [3.05, 3.63) is 35.9 Å². The van der Waals surface area contributed by atoms with Crippen molar-refractivity contribution in [3.8, 4) is 0 Å². The van der Waals surface area contributed by atoms with Crippen molar-refractivity contribution in [2.45, 2.75) is 44.9 Å². The summed E-state index contributed by atoms with van der Waals surface area (Å²) in [4.78, 5) is 12.3. The van der Waals surface area contributed by atoms with Crippen LogP contribution in [0.3, 0.4) is 0 Å². The Bertz CT molecular complexity index is 429. The maximum Gasteiger partial charge on any atom is 0.225 e. The van der Waals surface area contributed by atoms with Crippen LogP contribution < -0.4 is 11.1 Å². The zero-order chi connectivity index (χ0) is 14.5. The molecule has 4 heteroatoms. The van der Waals surface area contributed by atoms with Crippen LogP contribution in [-0.2, 0) is 9.53 Å². The first-order valence-electron chi connectivity index (χ1n) is 7.32. The van der Waals surface area contributed by atoms with Crippen LogP contribution in [0.1, 0.15) is 38.3 Å². The average molecular weight is 276 g/mol. The number of nitrogens with one attached hydrogen (secondary N) is 1. The Morgan fingerprint density at radius 1 is 1.35 bits per heavy atom. The highest BCUT2D eigenvalue weighted by molar-refractivity contribution is 5.79. The van der Waals surface area contributed by atoms with Gasteiger partial charge in [0.1, 0.15) is 0 Å². The van der Waals surface area contributed by atoms with E-state index >= 15 is 0 Å². The van der Waals surface area contributed by atoms with Crippen LogP contribution in [0.4, 0.5) is 0 Å². The molecule has 0 radical (unpaired) electrons. The molecule has 0 aliphatic carbocycles. The number of benzene rings is 1. The van der Waals surface area contributed by atoms with Crippen molar-refractivity contribution in [3.63, 3.8) is 0 Å². The molecule has 1 heterocycles. The topological polar surface area (TPSA) is 64.4 Å². The Labute approximate surface area is 120 Å². The monoisotopic (exact) mass is 276 g/mol. The van der Waals surface area contributed by atoms with Crippen LogP contribution >= 0.6 is 0 Å². The van der Waals surface area contributed by atoms with Crippen LogP contribution in [0.25, 0.3) is 0 Å². The van der Waals surface area contributed by atoms with Gasteiger partial charge in [0.05, 0.1) is 18.1 Å². The van der Waals surface area contributed by atoms with E-state index in [1.54, 1.807) is 0 Å². The summed E-state index contributed by atoms with van der Waals surface area (Å²) in [6, 6.07) is 9.49. The zero-order valence-corrected chi connectivity index (χ0v) is 12.2. The lowest BCUT2D eigenvalue weighted by molar-refractivity contribution is -0.126. The lowest BCUT2D eigenvalue weighted by Gasteiger charge is -2.25. The highest BCUT2D eigenvalue weighted by Crippen LogP contribution is 2.20. The van der Waals surface area contributed by atoms with E-state index in [4.69, 9.17) is 10.5 Å². The summed E-state index contributed by atoms with van der Waals surface area (Å²) in [6.45, 7) is 4.66. The van der Waals surface area contributed by atoms with Gasteiger partial charge >= 0.3 is 0 Å². The predicted octanol–water partition coefficient (Wildman–Crippen LogP) is 2.01. The van der Waals surface area contributed by atoms with Crippen LogP contribution in [-0.4, -0.2) is 24.7 Å². The molecule has 4 atom stereocenters. The van der Waals surface area contributed by atoms with Crippen LogP contribution in [0.2, 0.25) is 0 Å². The first-order chi connectivity index (χ1) is 9.59. The predicted molar refractivity (Wildman–Crippen MR) is 79.1 cm³/mol. The Hall–Kier alpha value is -1.39. The highest BCUT2D eigenvalue weighted by Gasteiger charge is 2.27. The Balaban J connectivity index is 1.91. The number of hydrogen-bond donors (Lipinski definition) is 2. The first kappa shape index (κ1) is 15.0. The maximum atomic E-state index is 12.3. The molecule has 4 unspecified atom stereocenters. The lowest BCUT2D eigenvalue weighted by Crippen LogP contribution is -2.45. The van der Waals surface area contributed by atoms with Gasteiger partial charge in [-0.05, 0) is 25.3 Å². The summed E-state index contributed by atoms with van der Waals surface area (Å²) in [5.41, 5.74) is 7.16. The summed E-state index contributed by atoms with van der Waals surface area (Å²) < 4.78 is 5.59. The summed E-state index contributed by atoms with van der Waals surface area (Å²) in [7, 11) is 0. The largest absolute Gasteiger partial charge is 0.376 e. The third-order valence-corrected chi connectivity index (χ3v) is 4.03. The van der Waals surface area contributed by atoms with Gasteiger partial charge in [0.2, 0.25) is 5.91 Å². The van der Waals surface area contributed by atoms with Crippen molar-refractivity contribution < 1.29 is 9.53 Å². The minimum Gasteiger partial charge on any atom is -0.376 e. The van der Waals surface area contributed by atoms with Gasteiger partial charge in [-0.25, -0.2) is 0 Å². The van der Waals surface area contributed by atoms with Crippen molar-refractivity contribution in [2.75, 3.05) is 6.61 Å². The second kappa shape index (κ2) is 6.86. The van der Waals surface area contributed by atoms with Gasteiger partial charge in [-0.3, -0.25) is 4.79 Å². The molecule has 0 saturated carbocycles. The van der Waals surface area contributed by atoms with Crippen LogP contribution in [0.15, 0.2) is 30.3 Å². The fourth-order valence-corrected chi connectivity index (χ4v) is 2.57. The molecular formula is C16H24N2O2. The van der Waals surface area contributed by atoms with E-state index in [9.17, 15) is 4.79 Å². The van der Waals surface area contributed by atoms with Crippen molar-refractivity contribution >= 4 is 5.91 Å². The number of nitrogens with two attached hydrogens (primary N) is 1. The summed E-state index contributed by atoms with van der Waals surface area (Å²) in [5.74, 6) is -0.273. The van der Waals surface area contributed by atoms with Gasteiger partial charge in [-0.2, -0.15) is 0 Å².